The maximum absolute atomic E-state index is 12.7. The van der Waals surface area contributed by atoms with E-state index in [0.29, 0.717) is 42.4 Å². The van der Waals surface area contributed by atoms with Crippen LogP contribution in [0.5, 0.6) is 17.2 Å². The Bertz CT molecular complexity index is 1160. The second-order valence-electron chi connectivity index (χ2n) is 8.68. The second-order valence-corrected chi connectivity index (χ2v) is 8.68. The van der Waals surface area contributed by atoms with Gasteiger partial charge in [-0.25, -0.2) is 0 Å². The average molecular weight is 465 g/mol. The first-order valence-corrected chi connectivity index (χ1v) is 11.7. The number of H-pyrrole nitrogens is 1. The van der Waals surface area contributed by atoms with Crippen LogP contribution in [-0.2, 0) is 4.79 Å². The first-order valence-electron chi connectivity index (χ1n) is 11.7. The van der Waals surface area contributed by atoms with E-state index in [1.807, 2.05) is 17.0 Å². The Morgan fingerprint density at radius 2 is 1.82 bits per heavy atom. The number of benzene rings is 2. The molecular weight excluding hydrogens is 432 g/mol. The molecule has 0 spiro atoms. The van der Waals surface area contributed by atoms with E-state index < -0.39 is 0 Å². The van der Waals surface area contributed by atoms with E-state index in [1.54, 1.807) is 32.4 Å². The van der Waals surface area contributed by atoms with Crippen molar-refractivity contribution in [2.45, 2.75) is 38.5 Å². The van der Waals surface area contributed by atoms with Crippen molar-refractivity contribution in [2.75, 3.05) is 33.9 Å². The lowest BCUT2D eigenvalue weighted by Gasteiger charge is -2.32. The van der Waals surface area contributed by atoms with Crippen molar-refractivity contribution in [1.82, 2.24) is 9.88 Å². The smallest absolute Gasteiger partial charge is 0.222 e. The van der Waals surface area contributed by atoms with E-state index in [2.05, 4.69) is 17.2 Å². The highest BCUT2D eigenvalue weighted by molar-refractivity contribution is 5.94. The molecule has 7 heteroatoms. The summed E-state index contributed by atoms with van der Waals surface area (Å²) in [6.07, 6.45) is 5.07. The lowest BCUT2D eigenvalue weighted by Crippen LogP contribution is -2.37. The molecule has 7 nitrogen and oxygen atoms in total. The number of hydrogen-bond donors (Lipinski definition) is 1. The monoisotopic (exact) mass is 464 g/mol. The maximum Gasteiger partial charge on any atom is 0.222 e. The molecule has 0 saturated carbocycles. The number of hydrogen-bond acceptors (Lipinski definition) is 5. The highest BCUT2D eigenvalue weighted by atomic mass is 16.5. The van der Waals surface area contributed by atoms with Crippen molar-refractivity contribution >= 4 is 22.6 Å². The second kappa shape index (κ2) is 10.6. The Morgan fingerprint density at radius 3 is 2.53 bits per heavy atom. The molecule has 1 N–H and O–H groups in total. The number of piperidine rings is 1. The molecule has 0 aliphatic carbocycles. The third kappa shape index (κ3) is 5.19. The summed E-state index contributed by atoms with van der Waals surface area (Å²) in [4.78, 5) is 29.6. The summed E-state index contributed by atoms with van der Waals surface area (Å²) >= 11 is 0. The number of carbonyl (C=O) groups is 2. The molecule has 3 aromatic rings. The predicted octanol–water partition coefficient (Wildman–Crippen LogP) is 4.95. The van der Waals surface area contributed by atoms with Crippen molar-refractivity contribution in [2.24, 2.45) is 0 Å². The van der Waals surface area contributed by atoms with Crippen LogP contribution < -0.4 is 14.2 Å². The van der Waals surface area contributed by atoms with Gasteiger partial charge in [-0.2, -0.15) is 0 Å². The fourth-order valence-electron chi connectivity index (χ4n) is 4.60. The molecule has 1 saturated heterocycles. The molecule has 1 aromatic heterocycles. The summed E-state index contributed by atoms with van der Waals surface area (Å²) in [5.41, 5.74) is 3.00. The largest absolute Gasteiger partial charge is 0.497 e. The number of methoxy groups -OCH3 is 2. The van der Waals surface area contributed by atoms with Gasteiger partial charge in [-0.15, -0.1) is 0 Å². The number of nitrogens with one attached hydrogen (secondary N) is 1. The molecule has 0 atom stereocenters. The first-order chi connectivity index (χ1) is 16.5. The number of nitrogens with zero attached hydrogens (tertiary/aromatic N) is 1. The fraction of sp³-hybridized carbons (Fsp3) is 0.407. The minimum Gasteiger partial charge on any atom is -0.497 e. The van der Waals surface area contributed by atoms with Crippen molar-refractivity contribution < 1.29 is 23.8 Å². The number of aromatic nitrogens is 1. The van der Waals surface area contributed by atoms with Gasteiger partial charge in [0.25, 0.3) is 0 Å². The highest BCUT2D eigenvalue weighted by Gasteiger charge is 2.25. The van der Waals surface area contributed by atoms with Crippen LogP contribution in [0.4, 0.5) is 0 Å². The molecule has 2 aromatic carbocycles. The molecular formula is C27H32N2O5. The third-order valence-corrected chi connectivity index (χ3v) is 6.57. The standard InChI is InChI=1S/C27H32N2O5/c1-18(30)20-6-9-25(26(15-20)33-3)34-14-4-5-27(31)29-12-10-19(11-13-29)23-17-28-24-8-7-21(32-2)16-22(23)24/h6-9,15-17,19,28H,4-5,10-14H2,1-3H3. The van der Waals surface area contributed by atoms with Crippen molar-refractivity contribution in [1.29, 1.82) is 0 Å². The molecule has 4 rings (SSSR count). The molecule has 1 fully saturated rings. The predicted molar refractivity (Wildman–Crippen MR) is 131 cm³/mol. The molecule has 1 aliphatic rings. The van der Waals surface area contributed by atoms with Gasteiger partial charge in [0.1, 0.15) is 5.75 Å². The quantitative estimate of drug-likeness (QED) is 0.358. The number of ether oxygens (including phenoxy) is 3. The Morgan fingerprint density at radius 1 is 1.03 bits per heavy atom. The number of rotatable bonds is 9. The maximum atomic E-state index is 12.7. The minimum atomic E-state index is -0.0244. The van der Waals surface area contributed by atoms with Crippen molar-refractivity contribution in [3.63, 3.8) is 0 Å². The number of fused-ring (bicyclic) bond motifs is 1. The van der Waals surface area contributed by atoms with Crippen molar-refractivity contribution in [3.8, 4) is 17.2 Å². The van der Waals surface area contributed by atoms with Gasteiger partial charge >= 0.3 is 0 Å². The summed E-state index contributed by atoms with van der Waals surface area (Å²) in [5, 5.41) is 1.20. The van der Waals surface area contributed by atoms with Crippen LogP contribution in [0, 0.1) is 0 Å². The van der Waals surface area contributed by atoms with Gasteiger partial charge in [0.05, 0.1) is 20.8 Å². The molecule has 0 unspecified atom stereocenters. The summed E-state index contributed by atoms with van der Waals surface area (Å²) < 4.78 is 16.5. The number of amides is 1. The Hall–Kier alpha value is -3.48. The number of aromatic amines is 1. The van der Waals surface area contributed by atoms with Crippen LogP contribution in [0.2, 0.25) is 0 Å². The first kappa shape index (κ1) is 23.7. The number of carbonyl (C=O) groups excluding carboxylic acids is 2. The minimum absolute atomic E-state index is 0.0244. The van der Waals surface area contributed by atoms with Gasteiger partial charge in [-0.1, -0.05) is 0 Å². The molecule has 180 valence electrons. The van der Waals surface area contributed by atoms with E-state index in [4.69, 9.17) is 14.2 Å². The zero-order valence-electron chi connectivity index (χ0n) is 20.1. The van der Waals surface area contributed by atoms with Gasteiger partial charge < -0.3 is 24.1 Å². The van der Waals surface area contributed by atoms with Gasteiger partial charge in [-0.3, -0.25) is 9.59 Å². The van der Waals surface area contributed by atoms with Crippen LogP contribution in [-0.4, -0.2) is 55.5 Å². The summed E-state index contributed by atoms with van der Waals surface area (Å²) in [6.45, 7) is 3.46. The molecule has 34 heavy (non-hydrogen) atoms. The van der Waals surface area contributed by atoms with Gasteiger partial charge in [-0.05, 0) is 74.1 Å². The summed E-state index contributed by atoms with van der Waals surface area (Å²) in [6, 6.07) is 11.2. The lowest BCUT2D eigenvalue weighted by molar-refractivity contribution is -0.132. The number of Topliss-reactive ketones (excluding diaryl/α,β-unsaturated/α-hetero) is 1. The van der Waals surface area contributed by atoms with Crippen LogP contribution in [0.15, 0.2) is 42.6 Å². The van der Waals surface area contributed by atoms with E-state index in [0.717, 1.165) is 37.2 Å². The fourth-order valence-corrected chi connectivity index (χ4v) is 4.60. The van der Waals surface area contributed by atoms with Gasteiger partial charge in [0.2, 0.25) is 5.91 Å². The van der Waals surface area contributed by atoms with Crippen LogP contribution in [0.3, 0.4) is 0 Å². The summed E-state index contributed by atoms with van der Waals surface area (Å²) in [7, 11) is 3.23. The molecule has 2 heterocycles. The van der Waals surface area contributed by atoms with E-state index in [1.165, 1.54) is 17.9 Å². The summed E-state index contributed by atoms with van der Waals surface area (Å²) in [5.74, 6) is 2.53. The van der Waals surface area contributed by atoms with E-state index in [9.17, 15) is 9.59 Å². The van der Waals surface area contributed by atoms with Crippen LogP contribution in [0.1, 0.15) is 54.4 Å². The topological polar surface area (TPSA) is 80.9 Å². The van der Waals surface area contributed by atoms with E-state index in [-0.39, 0.29) is 11.7 Å². The zero-order valence-corrected chi connectivity index (χ0v) is 20.1. The van der Waals surface area contributed by atoms with Gasteiger partial charge in [0.15, 0.2) is 17.3 Å². The molecule has 1 amide bonds. The normalized spacial score (nSPS) is 14.3. The average Bonchev–Trinajstić information content (AvgIpc) is 3.29. The number of likely N-dealkylation sites (tertiary alicyclic amines) is 1. The third-order valence-electron chi connectivity index (χ3n) is 6.57. The number of ketones is 1. The molecule has 0 radical (unpaired) electrons. The van der Waals surface area contributed by atoms with Crippen molar-refractivity contribution in [3.05, 3.63) is 53.7 Å². The highest BCUT2D eigenvalue weighted by Crippen LogP contribution is 2.35. The molecule has 1 aliphatic heterocycles. The Balaban J connectivity index is 1.25. The molecule has 0 bridgehead atoms. The van der Waals surface area contributed by atoms with Crippen LogP contribution >= 0.6 is 0 Å². The Labute approximate surface area is 200 Å². The SMILES string of the molecule is COc1ccc2[nH]cc(C3CCN(C(=O)CCCOc4ccc(C(C)=O)cc4OC)CC3)c2c1. The lowest BCUT2D eigenvalue weighted by atomic mass is 9.89. The van der Waals surface area contributed by atoms with Crippen LogP contribution in [0.25, 0.3) is 10.9 Å². The zero-order chi connectivity index (χ0) is 24.1. The van der Waals surface area contributed by atoms with E-state index >= 15 is 0 Å². The van der Waals surface area contributed by atoms with Gasteiger partial charge in [0, 0.05) is 42.2 Å². The Kier molecular flexibility index (Phi) is 7.40.